The van der Waals surface area contributed by atoms with Gasteiger partial charge in [-0.3, -0.25) is 9.69 Å². The highest BCUT2D eigenvalue weighted by Crippen LogP contribution is 2.27. The average molecular weight is 433 g/mol. The number of piperazine rings is 1. The van der Waals surface area contributed by atoms with Gasteiger partial charge in [-0.15, -0.1) is 11.8 Å². The van der Waals surface area contributed by atoms with Crippen LogP contribution in [0.15, 0.2) is 53.4 Å². The molecule has 2 aromatic rings. The van der Waals surface area contributed by atoms with Gasteiger partial charge in [-0.05, 0) is 43.0 Å². The first-order chi connectivity index (χ1) is 14.0. The zero-order chi connectivity index (χ0) is 20.8. The summed E-state index contributed by atoms with van der Waals surface area (Å²) in [5.74, 6) is -0.240. The maximum absolute atomic E-state index is 13.0. The first kappa shape index (κ1) is 21.7. The molecule has 3 rings (SSSR count). The Kier molecular flexibility index (Phi) is 7.58. The number of rotatable bonds is 6. The number of halogens is 1. The number of hydrogen-bond acceptors (Lipinski definition) is 5. The molecule has 2 aromatic carbocycles. The molecule has 0 radical (unpaired) electrons. The van der Waals surface area contributed by atoms with E-state index >= 15 is 0 Å². The lowest BCUT2D eigenvalue weighted by molar-refractivity contribution is -0.150. The molecule has 5 nitrogen and oxygen atoms in total. The minimum absolute atomic E-state index is 0.0359. The topological polar surface area (TPSA) is 49.9 Å². The van der Waals surface area contributed by atoms with Crippen LogP contribution < -0.4 is 0 Å². The number of benzene rings is 2. The molecule has 1 atom stereocenters. The first-order valence-electron chi connectivity index (χ1n) is 9.63. The third-order valence-electron chi connectivity index (χ3n) is 5.00. The highest BCUT2D eigenvalue weighted by molar-refractivity contribution is 7.98. The van der Waals surface area contributed by atoms with Crippen molar-refractivity contribution in [1.29, 1.82) is 0 Å². The van der Waals surface area contributed by atoms with Crippen LogP contribution in [-0.4, -0.2) is 60.7 Å². The van der Waals surface area contributed by atoms with E-state index in [1.165, 1.54) is 0 Å². The normalized spacial score (nSPS) is 15.8. The Hall–Kier alpha value is -2.02. The number of carbonyl (C=O) groups excluding carboxylic acids is 2. The van der Waals surface area contributed by atoms with Crippen LogP contribution in [0.25, 0.3) is 0 Å². The van der Waals surface area contributed by atoms with E-state index in [9.17, 15) is 9.59 Å². The number of nitrogens with zero attached hydrogens (tertiary/aromatic N) is 2. The Labute approximate surface area is 181 Å². The number of carbonyl (C=O) groups is 2. The van der Waals surface area contributed by atoms with E-state index in [0.29, 0.717) is 37.8 Å². The molecule has 1 saturated heterocycles. The molecule has 1 aliphatic heterocycles. The Morgan fingerprint density at radius 1 is 1.07 bits per heavy atom. The number of thioether (sulfide) groups is 1. The molecule has 0 saturated carbocycles. The van der Waals surface area contributed by atoms with Gasteiger partial charge in [-0.2, -0.15) is 0 Å². The van der Waals surface area contributed by atoms with Gasteiger partial charge in [0, 0.05) is 36.1 Å². The standard InChI is InChI=1S/C22H25ClN2O3S/c1-3-28-22(27)20(16-8-10-17(23)11-9-16)24-12-14-25(15-13-24)21(26)18-6-4-5-7-19(18)29-2/h4-11,20H,3,12-15H2,1-2H3. The summed E-state index contributed by atoms with van der Waals surface area (Å²) in [5.41, 5.74) is 1.58. The zero-order valence-electron chi connectivity index (χ0n) is 16.6. The average Bonchev–Trinajstić information content (AvgIpc) is 2.75. The van der Waals surface area contributed by atoms with Gasteiger partial charge in [0.25, 0.3) is 5.91 Å². The van der Waals surface area contributed by atoms with Crippen LogP contribution in [0.1, 0.15) is 28.9 Å². The molecule has 1 unspecified atom stereocenters. The van der Waals surface area contributed by atoms with Gasteiger partial charge in [0.05, 0.1) is 12.2 Å². The lowest BCUT2D eigenvalue weighted by Crippen LogP contribution is -2.51. The SMILES string of the molecule is CCOC(=O)C(c1ccc(Cl)cc1)N1CCN(C(=O)c2ccccc2SC)CC1. The summed E-state index contributed by atoms with van der Waals surface area (Å²) in [4.78, 5) is 30.6. The van der Waals surface area contributed by atoms with Crippen LogP contribution in [-0.2, 0) is 9.53 Å². The van der Waals surface area contributed by atoms with E-state index in [4.69, 9.17) is 16.3 Å². The van der Waals surface area contributed by atoms with Gasteiger partial charge in [0.1, 0.15) is 6.04 Å². The maximum Gasteiger partial charge on any atom is 0.328 e. The Morgan fingerprint density at radius 3 is 2.34 bits per heavy atom. The highest BCUT2D eigenvalue weighted by atomic mass is 35.5. The van der Waals surface area contributed by atoms with Crippen molar-refractivity contribution in [3.05, 3.63) is 64.7 Å². The van der Waals surface area contributed by atoms with Crippen LogP contribution in [0.5, 0.6) is 0 Å². The summed E-state index contributed by atoms with van der Waals surface area (Å²) in [6.45, 7) is 4.44. The van der Waals surface area contributed by atoms with E-state index < -0.39 is 6.04 Å². The minimum atomic E-state index is -0.497. The maximum atomic E-state index is 13.0. The fourth-order valence-electron chi connectivity index (χ4n) is 3.54. The molecule has 0 spiro atoms. The van der Waals surface area contributed by atoms with Gasteiger partial charge in [0.15, 0.2) is 0 Å². The molecule has 1 fully saturated rings. The molecule has 7 heteroatoms. The van der Waals surface area contributed by atoms with Gasteiger partial charge < -0.3 is 9.64 Å². The van der Waals surface area contributed by atoms with Crippen molar-refractivity contribution in [2.75, 3.05) is 39.0 Å². The Morgan fingerprint density at radius 2 is 1.72 bits per heavy atom. The molecule has 0 N–H and O–H groups in total. The van der Waals surface area contributed by atoms with E-state index in [1.54, 1.807) is 30.8 Å². The third-order valence-corrected chi connectivity index (χ3v) is 6.05. The van der Waals surface area contributed by atoms with Crippen molar-refractivity contribution in [2.24, 2.45) is 0 Å². The predicted octanol–water partition coefficient (Wildman–Crippen LogP) is 4.12. The number of ether oxygens (including phenoxy) is 1. The zero-order valence-corrected chi connectivity index (χ0v) is 18.2. The van der Waals surface area contributed by atoms with Gasteiger partial charge >= 0.3 is 5.97 Å². The van der Waals surface area contributed by atoms with E-state index in [0.717, 1.165) is 16.0 Å². The van der Waals surface area contributed by atoms with Crippen LogP contribution in [0.3, 0.4) is 0 Å². The monoisotopic (exact) mass is 432 g/mol. The van der Waals surface area contributed by atoms with Crippen molar-refractivity contribution in [3.63, 3.8) is 0 Å². The molecule has 0 aromatic heterocycles. The van der Waals surface area contributed by atoms with E-state index in [1.807, 2.05) is 47.6 Å². The summed E-state index contributed by atoms with van der Waals surface area (Å²) in [7, 11) is 0. The molecule has 1 amide bonds. The van der Waals surface area contributed by atoms with Crippen molar-refractivity contribution in [3.8, 4) is 0 Å². The fourth-order valence-corrected chi connectivity index (χ4v) is 4.25. The summed E-state index contributed by atoms with van der Waals surface area (Å²) in [6, 6.07) is 14.4. The second kappa shape index (κ2) is 10.1. The molecular formula is C22H25ClN2O3S. The van der Waals surface area contributed by atoms with Crippen molar-refractivity contribution < 1.29 is 14.3 Å². The number of hydrogen-bond donors (Lipinski definition) is 0. The Bertz CT molecular complexity index is 851. The summed E-state index contributed by atoms with van der Waals surface area (Å²) < 4.78 is 5.32. The van der Waals surface area contributed by atoms with Crippen LogP contribution in [0.2, 0.25) is 5.02 Å². The highest BCUT2D eigenvalue weighted by Gasteiger charge is 2.33. The van der Waals surface area contributed by atoms with Gasteiger partial charge in [-0.25, -0.2) is 4.79 Å². The number of amides is 1. The minimum Gasteiger partial charge on any atom is -0.465 e. The lowest BCUT2D eigenvalue weighted by atomic mass is 10.0. The molecule has 154 valence electrons. The van der Waals surface area contributed by atoms with E-state index in [2.05, 4.69) is 4.90 Å². The molecule has 1 heterocycles. The summed E-state index contributed by atoms with van der Waals surface area (Å²) >= 11 is 7.58. The fraction of sp³-hybridized carbons (Fsp3) is 0.364. The number of esters is 1. The second-order valence-corrected chi connectivity index (χ2v) is 8.02. The quantitative estimate of drug-likeness (QED) is 0.507. The predicted molar refractivity (Wildman–Crippen MR) is 117 cm³/mol. The molecule has 1 aliphatic rings. The van der Waals surface area contributed by atoms with Gasteiger partial charge in [0.2, 0.25) is 0 Å². The first-order valence-corrected chi connectivity index (χ1v) is 11.2. The van der Waals surface area contributed by atoms with Crippen LogP contribution in [0, 0.1) is 0 Å². The van der Waals surface area contributed by atoms with Crippen molar-refractivity contribution in [1.82, 2.24) is 9.80 Å². The summed E-state index contributed by atoms with van der Waals surface area (Å²) in [6.07, 6.45) is 1.97. The molecule has 0 aliphatic carbocycles. The smallest absolute Gasteiger partial charge is 0.328 e. The molecule has 0 bridgehead atoms. The van der Waals surface area contributed by atoms with Crippen LogP contribution >= 0.6 is 23.4 Å². The second-order valence-electron chi connectivity index (χ2n) is 6.73. The summed E-state index contributed by atoms with van der Waals surface area (Å²) in [5, 5.41) is 0.624. The van der Waals surface area contributed by atoms with Crippen molar-refractivity contribution in [2.45, 2.75) is 17.9 Å². The largest absolute Gasteiger partial charge is 0.465 e. The Balaban J connectivity index is 1.73. The lowest BCUT2D eigenvalue weighted by Gasteiger charge is -2.38. The van der Waals surface area contributed by atoms with Gasteiger partial charge in [-0.1, -0.05) is 35.9 Å². The molecule has 29 heavy (non-hydrogen) atoms. The third kappa shape index (κ3) is 5.13. The van der Waals surface area contributed by atoms with Crippen LogP contribution in [0.4, 0.5) is 0 Å². The molecular weight excluding hydrogens is 408 g/mol. The van der Waals surface area contributed by atoms with E-state index in [-0.39, 0.29) is 11.9 Å². The van der Waals surface area contributed by atoms with Crippen molar-refractivity contribution >= 4 is 35.2 Å².